The van der Waals surface area contributed by atoms with Crippen molar-refractivity contribution in [3.05, 3.63) is 18.2 Å². The van der Waals surface area contributed by atoms with Crippen molar-refractivity contribution in [2.24, 2.45) is 0 Å². The average molecular weight is 381 g/mol. The van der Waals surface area contributed by atoms with Gasteiger partial charge in [0, 0.05) is 45.6 Å². The van der Waals surface area contributed by atoms with Crippen molar-refractivity contribution < 1.29 is 9.53 Å². The Morgan fingerprint density at radius 3 is 2.54 bits per heavy atom. The van der Waals surface area contributed by atoms with Crippen LogP contribution in [0.4, 0.5) is 11.8 Å². The molecule has 144 valence electrons. The van der Waals surface area contributed by atoms with Gasteiger partial charge in [0.05, 0.1) is 18.8 Å². The van der Waals surface area contributed by atoms with Gasteiger partial charge in [0.1, 0.15) is 0 Å². The van der Waals surface area contributed by atoms with Gasteiger partial charge in [-0.25, -0.2) is 24.9 Å². The Hall–Kier alpha value is -3.34. The molecule has 2 N–H and O–H groups in total. The summed E-state index contributed by atoms with van der Waals surface area (Å²) in [5.41, 5.74) is 7.52. The summed E-state index contributed by atoms with van der Waals surface area (Å²) in [5, 5.41) is 0. The van der Waals surface area contributed by atoms with E-state index in [0.717, 1.165) is 0 Å². The Morgan fingerprint density at radius 2 is 1.79 bits per heavy atom. The first-order chi connectivity index (χ1) is 13.6. The molecule has 0 atom stereocenters. The molecule has 0 spiro atoms. The van der Waals surface area contributed by atoms with Crippen molar-refractivity contribution in [1.29, 1.82) is 0 Å². The Morgan fingerprint density at radius 1 is 1.04 bits per heavy atom. The van der Waals surface area contributed by atoms with E-state index in [1.165, 1.54) is 0 Å². The number of fused-ring (bicyclic) bond motifs is 3. The summed E-state index contributed by atoms with van der Waals surface area (Å²) in [6, 6.07) is 0. The van der Waals surface area contributed by atoms with Gasteiger partial charge in [-0.1, -0.05) is 0 Å². The summed E-state index contributed by atoms with van der Waals surface area (Å²) in [7, 11) is 1.77. The van der Waals surface area contributed by atoms with Crippen LogP contribution in [0.25, 0.3) is 22.6 Å². The summed E-state index contributed by atoms with van der Waals surface area (Å²) < 4.78 is 7.33. The number of amides is 1. The van der Waals surface area contributed by atoms with Gasteiger partial charge in [0.2, 0.25) is 11.8 Å². The summed E-state index contributed by atoms with van der Waals surface area (Å²) in [6.07, 6.45) is 3.19. The molecule has 11 heteroatoms. The van der Waals surface area contributed by atoms with Crippen LogP contribution in [-0.2, 0) is 11.3 Å². The maximum absolute atomic E-state index is 12.6. The van der Waals surface area contributed by atoms with E-state index in [1.54, 1.807) is 24.3 Å². The Kier molecular flexibility index (Phi) is 3.83. The molecule has 0 bridgehead atoms. The van der Waals surface area contributed by atoms with Crippen LogP contribution in [0.3, 0.4) is 0 Å². The number of nitrogens with two attached hydrogens (primary N) is 1. The number of anilines is 2. The van der Waals surface area contributed by atoms with E-state index in [0.29, 0.717) is 73.6 Å². The molecule has 0 saturated carbocycles. The fourth-order valence-corrected chi connectivity index (χ4v) is 3.46. The van der Waals surface area contributed by atoms with E-state index in [-0.39, 0.29) is 11.9 Å². The van der Waals surface area contributed by atoms with Crippen LogP contribution in [0.15, 0.2) is 12.4 Å². The molecule has 1 fully saturated rings. The van der Waals surface area contributed by atoms with Gasteiger partial charge in [0.15, 0.2) is 22.8 Å². The summed E-state index contributed by atoms with van der Waals surface area (Å²) in [6.45, 7) is 3.85. The average Bonchev–Trinajstić information content (AvgIpc) is 3.10. The van der Waals surface area contributed by atoms with Gasteiger partial charge < -0.3 is 24.8 Å². The molecule has 0 radical (unpaired) electrons. The summed E-state index contributed by atoms with van der Waals surface area (Å²) in [5.74, 6) is 1.63. The van der Waals surface area contributed by atoms with Crippen molar-refractivity contribution in [3.63, 3.8) is 0 Å². The third-order valence-electron chi connectivity index (χ3n) is 5.01. The molecule has 1 amide bonds. The molecule has 3 aromatic rings. The molecule has 0 unspecified atom stereocenters. The highest BCUT2D eigenvalue weighted by Crippen LogP contribution is 2.29. The third kappa shape index (κ3) is 2.62. The molecule has 0 aromatic carbocycles. The lowest BCUT2D eigenvalue weighted by molar-refractivity contribution is 0.0743. The Labute approximate surface area is 160 Å². The number of imidazole rings is 1. The first kappa shape index (κ1) is 16.8. The number of hydrogen-bond acceptors (Lipinski definition) is 9. The monoisotopic (exact) mass is 381 g/mol. The van der Waals surface area contributed by atoms with Crippen LogP contribution < -0.4 is 10.6 Å². The number of aromatic nitrogens is 6. The number of morpholine rings is 1. The largest absolute Gasteiger partial charge is 0.378 e. The SMILES string of the molecule is CN1CCn2c(nc3c(N4CCOCC4)nc(-c4cnc(N)nc4)nc32)C1=O. The van der Waals surface area contributed by atoms with E-state index in [9.17, 15) is 4.79 Å². The normalized spacial score (nSPS) is 17.2. The van der Waals surface area contributed by atoms with Crippen molar-refractivity contribution in [2.75, 3.05) is 50.5 Å². The number of carbonyl (C=O) groups excluding carboxylic acids is 1. The van der Waals surface area contributed by atoms with Crippen LogP contribution in [0.5, 0.6) is 0 Å². The minimum atomic E-state index is -0.116. The topological polar surface area (TPSA) is 128 Å². The highest BCUT2D eigenvalue weighted by Gasteiger charge is 2.30. The molecule has 0 aliphatic carbocycles. The third-order valence-corrected chi connectivity index (χ3v) is 5.01. The lowest BCUT2D eigenvalue weighted by Gasteiger charge is -2.28. The molecule has 3 aromatic heterocycles. The van der Waals surface area contributed by atoms with Gasteiger partial charge >= 0.3 is 0 Å². The molecule has 5 rings (SSSR count). The smallest absolute Gasteiger partial charge is 0.289 e. The van der Waals surface area contributed by atoms with Gasteiger partial charge in [-0.3, -0.25) is 4.79 Å². The van der Waals surface area contributed by atoms with Crippen molar-refractivity contribution in [3.8, 4) is 11.4 Å². The number of rotatable bonds is 2. The summed E-state index contributed by atoms with van der Waals surface area (Å²) >= 11 is 0. The van der Waals surface area contributed by atoms with E-state index in [4.69, 9.17) is 20.4 Å². The highest BCUT2D eigenvalue weighted by molar-refractivity contribution is 5.97. The van der Waals surface area contributed by atoms with Crippen LogP contribution in [0.1, 0.15) is 10.6 Å². The van der Waals surface area contributed by atoms with E-state index in [1.807, 2.05) is 4.57 Å². The zero-order valence-electron chi connectivity index (χ0n) is 15.4. The lowest BCUT2D eigenvalue weighted by atomic mass is 10.3. The number of nitrogens with zero attached hydrogens (tertiary/aromatic N) is 8. The molecule has 2 aliphatic rings. The predicted octanol–water partition coefficient (Wildman–Crippen LogP) is -0.212. The Bertz CT molecular complexity index is 1060. The van der Waals surface area contributed by atoms with Gasteiger partial charge in [0.25, 0.3) is 5.91 Å². The van der Waals surface area contributed by atoms with Crippen LogP contribution in [0, 0.1) is 0 Å². The minimum absolute atomic E-state index is 0.116. The molecular weight excluding hydrogens is 362 g/mol. The number of carbonyl (C=O) groups is 1. The van der Waals surface area contributed by atoms with Crippen LogP contribution in [-0.4, -0.2) is 80.2 Å². The van der Waals surface area contributed by atoms with E-state index < -0.39 is 0 Å². The second-order valence-electron chi connectivity index (χ2n) is 6.79. The van der Waals surface area contributed by atoms with Crippen molar-refractivity contribution in [1.82, 2.24) is 34.4 Å². The Balaban J connectivity index is 1.73. The first-order valence-corrected chi connectivity index (χ1v) is 9.06. The van der Waals surface area contributed by atoms with Crippen LogP contribution in [0.2, 0.25) is 0 Å². The second-order valence-corrected chi connectivity index (χ2v) is 6.79. The molecule has 11 nitrogen and oxygen atoms in total. The zero-order chi connectivity index (χ0) is 19.3. The minimum Gasteiger partial charge on any atom is -0.378 e. The van der Waals surface area contributed by atoms with E-state index in [2.05, 4.69) is 19.9 Å². The van der Waals surface area contributed by atoms with E-state index >= 15 is 0 Å². The standard InChI is InChI=1S/C17H19N9O2/c1-24-2-3-26-14-11(21-15(26)16(24)27)13(25-4-6-28-7-5-25)22-12(23-14)10-8-19-17(18)20-9-10/h8-9H,2-7H2,1H3,(H2,18,19,20). The van der Waals surface area contributed by atoms with Gasteiger partial charge in [-0.15, -0.1) is 0 Å². The summed E-state index contributed by atoms with van der Waals surface area (Å²) in [4.78, 5) is 38.5. The fourth-order valence-electron chi connectivity index (χ4n) is 3.46. The number of likely N-dealkylation sites (N-methyl/N-ethyl adjacent to an activating group) is 1. The molecule has 28 heavy (non-hydrogen) atoms. The van der Waals surface area contributed by atoms with Crippen LogP contribution >= 0.6 is 0 Å². The zero-order valence-corrected chi connectivity index (χ0v) is 15.4. The number of hydrogen-bond donors (Lipinski definition) is 1. The van der Waals surface area contributed by atoms with Gasteiger partial charge in [-0.05, 0) is 0 Å². The van der Waals surface area contributed by atoms with Gasteiger partial charge in [-0.2, -0.15) is 0 Å². The van der Waals surface area contributed by atoms with Crippen molar-refractivity contribution in [2.45, 2.75) is 6.54 Å². The molecular formula is C17H19N9O2. The first-order valence-electron chi connectivity index (χ1n) is 9.06. The molecule has 2 aliphatic heterocycles. The second kappa shape index (κ2) is 6.37. The molecule has 5 heterocycles. The fraction of sp³-hybridized carbons (Fsp3) is 0.412. The number of ether oxygens (including phenoxy) is 1. The predicted molar refractivity (Wildman–Crippen MR) is 101 cm³/mol. The lowest BCUT2D eigenvalue weighted by Crippen LogP contribution is -2.37. The maximum Gasteiger partial charge on any atom is 0.289 e. The highest BCUT2D eigenvalue weighted by atomic mass is 16.5. The number of nitrogen functional groups attached to an aromatic ring is 1. The quantitative estimate of drug-likeness (QED) is 0.641. The van der Waals surface area contributed by atoms with Crippen molar-refractivity contribution >= 4 is 28.8 Å². The maximum atomic E-state index is 12.6. The molecule has 1 saturated heterocycles.